The first-order valence-corrected chi connectivity index (χ1v) is 7.40. The lowest BCUT2D eigenvalue weighted by molar-refractivity contribution is -0.127. The molecule has 0 bridgehead atoms. The van der Waals surface area contributed by atoms with E-state index in [1.807, 2.05) is 6.07 Å². The molecule has 1 saturated heterocycles. The lowest BCUT2D eigenvalue weighted by Crippen LogP contribution is -2.38. The van der Waals surface area contributed by atoms with Crippen LogP contribution in [0.2, 0.25) is 0 Å². The number of nitrogens with zero attached hydrogens (tertiary/aromatic N) is 2. The fourth-order valence-electron chi connectivity index (χ4n) is 2.26. The van der Waals surface area contributed by atoms with Crippen LogP contribution in [0.4, 0.5) is 0 Å². The molecule has 6 nitrogen and oxygen atoms in total. The lowest BCUT2D eigenvalue weighted by atomic mass is 10.0. The Morgan fingerprint density at radius 3 is 2.78 bits per heavy atom. The molecule has 2 heterocycles. The fraction of sp³-hybridized carbons (Fsp3) is 0.455. The summed E-state index contributed by atoms with van der Waals surface area (Å²) in [5.74, 6) is -0.0787. The quantitative estimate of drug-likeness (QED) is 0.831. The monoisotopic (exact) mass is 269 g/mol. The zero-order chi connectivity index (χ0) is 13.3. The van der Waals surface area contributed by atoms with Gasteiger partial charge in [-0.05, 0) is 11.6 Å². The van der Waals surface area contributed by atoms with Gasteiger partial charge >= 0.3 is 0 Å². The molecule has 0 radical (unpaired) electrons. The number of hydrogen-bond acceptors (Lipinski definition) is 4. The van der Waals surface area contributed by atoms with Crippen molar-refractivity contribution in [2.75, 3.05) is 13.3 Å². The van der Waals surface area contributed by atoms with Crippen molar-refractivity contribution in [1.29, 1.82) is 0 Å². The first-order valence-electron chi connectivity index (χ1n) is 5.51. The van der Waals surface area contributed by atoms with Crippen molar-refractivity contribution in [3.05, 3.63) is 30.1 Å². The Kier molecular flexibility index (Phi) is 3.36. The average Bonchev–Trinajstić information content (AvgIpc) is 2.53. The Labute approximate surface area is 106 Å². The number of nitrogens with one attached hydrogen (secondary N) is 1. The van der Waals surface area contributed by atoms with Crippen LogP contribution in [0.15, 0.2) is 24.5 Å². The lowest BCUT2D eigenvalue weighted by Gasteiger charge is -2.25. The molecule has 98 valence electrons. The second kappa shape index (κ2) is 4.66. The van der Waals surface area contributed by atoms with Crippen LogP contribution in [-0.4, -0.2) is 43.6 Å². The van der Waals surface area contributed by atoms with Crippen molar-refractivity contribution in [2.45, 2.75) is 18.5 Å². The minimum Gasteiger partial charge on any atom is -0.337 e. The van der Waals surface area contributed by atoms with Gasteiger partial charge in [-0.25, -0.2) is 13.1 Å². The Morgan fingerprint density at radius 2 is 2.22 bits per heavy atom. The molecule has 1 fully saturated rings. The Bertz CT molecular complexity index is 544. The summed E-state index contributed by atoms with van der Waals surface area (Å²) in [5, 5.41) is 0. The minimum absolute atomic E-state index is 0.0787. The van der Waals surface area contributed by atoms with Crippen LogP contribution in [0.1, 0.15) is 18.0 Å². The van der Waals surface area contributed by atoms with Gasteiger partial charge in [0.15, 0.2) is 0 Å². The van der Waals surface area contributed by atoms with E-state index in [9.17, 15) is 13.2 Å². The molecule has 2 rings (SSSR count). The predicted octanol–water partition coefficient (Wildman–Crippen LogP) is -0.0974. The minimum atomic E-state index is -3.34. The average molecular weight is 269 g/mol. The van der Waals surface area contributed by atoms with E-state index in [0.717, 1.165) is 11.8 Å². The molecular weight excluding hydrogens is 254 g/mol. The van der Waals surface area contributed by atoms with Crippen LogP contribution in [0.25, 0.3) is 0 Å². The standard InChI is InChI=1S/C11H15N3O3S/c1-14-10(15)6-9(13-18(2,16)17)11(14)8-4-3-5-12-7-8/h3-5,7,9,11,13H,6H2,1-2H3/t9-,11+/m1/s1. The number of likely N-dealkylation sites (tertiary alicyclic amines) is 1. The van der Waals surface area contributed by atoms with E-state index in [1.165, 1.54) is 0 Å². The van der Waals surface area contributed by atoms with Gasteiger partial charge in [-0.2, -0.15) is 0 Å². The molecule has 0 unspecified atom stereocenters. The Morgan fingerprint density at radius 1 is 1.50 bits per heavy atom. The summed E-state index contributed by atoms with van der Waals surface area (Å²) in [5.41, 5.74) is 0.826. The van der Waals surface area contributed by atoms with Crippen molar-refractivity contribution in [2.24, 2.45) is 0 Å². The molecule has 0 saturated carbocycles. The molecular formula is C11H15N3O3S. The molecule has 0 aromatic carbocycles. The van der Waals surface area contributed by atoms with Gasteiger partial charge in [-0.1, -0.05) is 6.07 Å². The van der Waals surface area contributed by atoms with Crippen molar-refractivity contribution < 1.29 is 13.2 Å². The molecule has 1 aliphatic heterocycles. The van der Waals surface area contributed by atoms with E-state index >= 15 is 0 Å². The Balaban J connectivity index is 2.32. The van der Waals surface area contributed by atoms with Crippen molar-refractivity contribution in [3.63, 3.8) is 0 Å². The number of carbonyl (C=O) groups excluding carboxylic acids is 1. The summed E-state index contributed by atoms with van der Waals surface area (Å²) < 4.78 is 25.2. The van der Waals surface area contributed by atoms with Crippen LogP contribution in [0, 0.1) is 0 Å². The number of aromatic nitrogens is 1. The van der Waals surface area contributed by atoms with Crippen molar-refractivity contribution >= 4 is 15.9 Å². The van der Waals surface area contributed by atoms with Crippen LogP contribution >= 0.6 is 0 Å². The summed E-state index contributed by atoms with van der Waals surface area (Å²) >= 11 is 0. The topological polar surface area (TPSA) is 79.4 Å². The van der Waals surface area contributed by atoms with Gasteiger partial charge in [0.25, 0.3) is 0 Å². The van der Waals surface area contributed by atoms with Gasteiger partial charge < -0.3 is 4.90 Å². The molecule has 1 aromatic rings. The zero-order valence-electron chi connectivity index (χ0n) is 10.2. The molecule has 1 amide bonds. The van der Waals surface area contributed by atoms with E-state index < -0.39 is 16.1 Å². The smallest absolute Gasteiger partial charge is 0.224 e. The molecule has 1 N–H and O–H groups in total. The number of pyridine rings is 1. The van der Waals surface area contributed by atoms with Crippen LogP contribution in [0.5, 0.6) is 0 Å². The van der Waals surface area contributed by atoms with E-state index in [-0.39, 0.29) is 18.4 Å². The summed E-state index contributed by atoms with van der Waals surface area (Å²) in [6.07, 6.45) is 4.55. The van der Waals surface area contributed by atoms with Gasteiger partial charge in [0.05, 0.1) is 18.3 Å². The molecule has 0 spiro atoms. The Hall–Kier alpha value is -1.47. The molecule has 18 heavy (non-hydrogen) atoms. The number of carbonyl (C=O) groups is 1. The van der Waals surface area contributed by atoms with Crippen LogP contribution in [0.3, 0.4) is 0 Å². The molecule has 1 aromatic heterocycles. The zero-order valence-corrected chi connectivity index (χ0v) is 11.0. The number of sulfonamides is 1. The van der Waals surface area contributed by atoms with Crippen molar-refractivity contribution in [1.82, 2.24) is 14.6 Å². The highest BCUT2D eigenvalue weighted by molar-refractivity contribution is 7.88. The third-order valence-corrected chi connectivity index (χ3v) is 3.71. The second-order valence-electron chi connectivity index (χ2n) is 4.44. The molecule has 2 atom stereocenters. The maximum absolute atomic E-state index is 11.7. The van der Waals surface area contributed by atoms with Gasteiger partial charge in [-0.15, -0.1) is 0 Å². The maximum atomic E-state index is 11.7. The molecule has 1 aliphatic rings. The highest BCUT2D eigenvalue weighted by atomic mass is 32.2. The molecule has 7 heteroatoms. The first kappa shape index (κ1) is 13.0. The van der Waals surface area contributed by atoms with Gasteiger partial charge in [0.2, 0.25) is 15.9 Å². The van der Waals surface area contributed by atoms with E-state index in [1.54, 1.807) is 30.4 Å². The number of likely N-dealkylation sites (N-methyl/N-ethyl adjacent to an activating group) is 1. The second-order valence-corrected chi connectivity index (χ2v) is 6.22. The van der Waals surface area contributed by atoms with Gasteiger partial charge in [0, 0.05) is 25.9 Å². The maximum Gasteiger partial charge on any atom is 0.224 e. The van der Waals surface area contributed by atoms with Crippen LogP contribution < -0.4 is 4.72 Å². The predicted molar refractivity (Wildman–Crippen MR) is 66.1 cm³/mol. The van der Waals surface area contributed by atoms with E-state index in [2.05, 4.69) is 9.71 Å². The largest absolute Gasteiger partial charge is 0.337 e. The highest BCUT2D eigenvalue weighted by Gasteiger charge is 2.39. The molecule has 0 aliphatic carbocycles. The third-order valence-electron chi connectivity index (χ3n) is 2.98. The van der Waals surface area contributed by atoms with Gasteiger partial charge in [-0.3, -0.25) is 9.78 Å². The van der Waals surface area contributed by atoms with E-state index in [0.29, 0.717) is 0 Å². The SMILES string of the molecule is CN1C(=O)C[C@@H](NS(C)(=O)=O)[C@@H]1c1cccnc1. The van der Waals surface area contributed by atoms with E-state index in [4.69, 9.17) is 0 Å². The summed E-state index contributed by atoms with van der Waals surface area (Å²) in [7, 11) is -1.67. The summed E-state index contributed by atoms with van der Waals surface area (Å²) in [4.78, 5) is 17.3. The van der Waals surface area contributed by atoms with Crippen LogP contribution in [-0.2, 0) is 14.8 Å². The number of hydrogen-bond donors (Lipinski definition) is 1. The van der Waals surface area contributed by atoms with Crippen molar-refractivity contribution in [3.8, 4) is 0 Å². The summed E-state index contributed by atoms with van der Waals surface area (Å²) in [6.45, 7) is 0. The fourth-order valence-corrected chi connectivity index (χ4v) is 3.02. The highest BCUT2D eigenvalue weighted by Crippen LogP contribution is 2.31. The third kappa shape index (κ3) is 2.68. The first-order chi connectivity index (χ1) is 8.38. The number of amides is 1. The van der Waals surface area contributed by atoms with Gasteiger partial charge in [0.1, 0.15) is 0 Å². The summed E-state index contributed by atoms with van der Waals surface area (Å²) in [6, 6.07) is 2.86. The number of rotatable bonds is 3. The normalized spacial score (nSPS) is 24.6.